The summed E-state index contributed by atoms with van der Waals surface area (Å²) in [7, 11) is 0. The molecule has 3 nitrogen and oxygen atoms in total. The van der Waals surface area contributed by atoms with Crippen LogP contribution in [0.25, 0.3) is 10.9 Å². The van der Waals surface area contributed by atoms with Gasteiger partial charge in [0.15, 0.2) is 0 Å². The van der Waals surface area contributed by atoms with Crippen LogP contribution in [0.15, 0.2) is 48.5 Å². The van der Waals surface area contributed by atoms with E-state index in [4.69, 9.17) is 4.74 Å². The summed E-state index contributed by atoms with van der Waals surface area (Å²) in [6, 6.07) is 16.3. The number of rotatable bonds is 4. The first-order valence-electron chi connectivity index (χ1n) is 6.60. The quantitative estimate of drug-likeness (QED) is 0.635. The van der Waals surface area contributed by atoms with Gasteiger partial charge in [-0.25, -0.2) is 0 Å². The van der Waals surface area contributed by atoms with Gasteiger partial charge >= 0.3 is 0 Å². The molecular weight excluding hydrogens is 363 g/mol. The van der Waals surface area contributed by atoms with Crippen LogP contribution in [-0.2, 0) is 13.2 Å². The fraction of sp³-hybridized carbons (Fsp3) is 0.188. The monoisotopic (exact) mass is 378 g/mol. The Morgan fingerprint density at radius 2 is 1.85 bits per heavy atom. The lowest BCUT2D eigenvalue weighted by Gasteiger charge is -2.04. The minimum Gasteiger partial charge on any atom is -0.487 e. The second-order valence-corrected chi connectivity index (χ2v) is 5.77. The normalized spacial score (nSPS) is 10.9. The standard InChI is InChI=1S/C16H15IN2O/c1-2-19-16-6-4-3-5-14(16)15(18-19)11-20-13-9-7-12(17)8-10-13/h3-10H,2,11H2,1H3. The number of para-hydroxylation sites is 1. The molecule has 4 heteroatoms. The number of halogens is 1. The van der Waals surface area contributed by atoms with E-state index in [0.717, 1.165) is 23.5 Å². The lowest BCUT2D eigenvalue weighted by atomic mass is 10.2. The predicted molar refractivity (Wildman–Crippen MR) is 88.9 cm³/mol. The molecular formula is C16H15IN2O. The van der Waals surface area contributed by atoms with Gasteiger partial charge in [0, 0.05) is 15.5 Å². The van der Waals surface area contributed by atoms with Crippen molar-refractivity contribution in [2.75, 3.05) is 0 Å². The average molecular weight is 378 g/mol. The molecule has 0 aliphatic rings. The third-order valence-corrected chi connectivity index (χ3v) is 3.94. The lowest BCUT2D eigenvalue weighted by Crippen LogP contribution is -2.00. The molecule has 20 heavy (non-hydrogen) atoms. The number of aryl methyl sites for hydroxylation is 1. The van der Waals surface area contributed by atoms with Crippen molar-refractivity contribution in [3.8, 4) is 5.75 Å². The summed E-state index contributed by atoms with van der Waals surface area (Å²) in [6.07, 6.45) is 0. The molecule has 1 aromatic heterocycles. The minimum absolute atomic E-state index is 0.494. The molecule has 0 amide bonds. The van der Waals surface area contributed by atoms with Crippen molar-refractivity contribution in [1.29, 1.82) is 0 Å². The van der Waals surface area contributed by atoms with Crippen LogP contribution in [0.5, 0.6) is 5.75 Å². The Kier molecular flexibility index (Phi) is 3.91. The molecule has 0 saturated heterocycles. The molecule has 0 bridgehead atoms. The second-order valence-electron chi connectivity index (χ2n) is 4.52. The molecule has 0 spiro atoms. The van der Waals surface area contributed by atoms with Gasteiger partial charge in [-0.2, -0.15) is 5.10 Å². The van der Waals surface area contributed by atoms with E-state index < -0.39 is 0 Å². The van der Waals surface area contributed by atoms with Gasteiger partial charge in [0.1, 0.15) is 18.1 Å². The second kappa shape index (κ2) is 5.83. The van der Waals surface area contributed by atoms with E-state index in [0.29, 0.717) is 6.61 Å². The van der Waals surface area contributed by atoms with E-state index in [1.165, 1.54) is 8.96 Å². The minimum atomic E-state index is 0.494. The van der Waals surface area contributed by atoms with Gasteiger partial charge in [-0.1, -0.05) is 18.2 Å². The Morgan fingerprint density at radius 3 is 2.60 bits per heavy atom. The molecule has 2 aromatic carbocycles. The molecule has 0 aliphatic carbocycles. The van der Waals surface area contributed by atoms with Gasteiger partial charge in [0.2, 0.25) is 0 Å². The molecule has 0 N–H and O–H groups in total. The van der Waals surface area contributed by atoms with Gasteiger partial charge in [-0.15, -0.1) is 0 Å². The molecule has 3 rings (SSSR count). The van der Waals surface area contributed by atoms with E-state index in [2.05, 4.69) is 46.7 Å². The first-order valence-corrected chi connectivity index (χ1v) is 7.68. The molecule has 3 aromatic rings. The fourth-order valence-electron chi connectivity index (χ4n) is 2.23. The van der Waals surface area contributed by atoms with E-state index in [1.54, 1.807) is 0 Å². The first kappa shape index (κ1) is 13.4. The van der Waals surface area contributed by atoms with E-state index in [1.807, 2.05) is 41.1 Å². The number of hydrogen-bond acceptors (Lipinski definition) is 2. The van der Waals surface area contributed by atoms with Crippen molar-refractivity contribution in [2.24, 2.45) is 0 Å². The topological polar surface area (TPSA) is 27.1 Å². The molecule has 0 radical (unpaired) electrons. The highest BCUT2D eigenvalue weighted by molar-refractivity contribution is 14.1. The van der Waals surface area contributed by atoms with Crippen LogP contribution in [0.1, 0.15) is 12.6 Å². The molecule has 0 unspecified atom stereocenters. The van der Waals surface area contributed by atoms with Crippen molar-refractivity contribution in [3.05, 3.63) is 57.8 Å². The van der Waals surface area contributed by atoms with Crippen LogP contribution in [0.3, 0.4) is 0 Å². The smallest absolute Gasteiger partial charge is 0.133 e. The van der Waals surface area contributed by atoms with Crippen molar-refractivity contribution in [2.45, 2.75) is 20.1 Å². The third kappa shape index (κ3) is 2.65. The van der Waals surface area contributed by atoms with E-state index in [9.17, 15) is 0 Å². The predicted octanol–water partition coefficient (Wildman–Crippen LogP) is 4.24. The van der Waals surface area contributed by atoms with Crippen LogP contribution in [-0.4, -0.2) is 9.78 Å². The summed E-state index contributed by atoms with van der Waals surface area (Å²) in [5.74, 6) is 0.876. The number of benzene rings is 2. The zero-order chi connectivity index (χ0) is 13.9. The molecule has 0 atom stereocenters. The van der Waals surface area contributed by atoms with E-state index in [-0.39, 0.29) is 0 Å². The molecule has 0 aliphatic heterocycles. The Morgan fingerprint density at radius 1 is 1.10 bits per heavy atom. The molecule has 0 fully saturated rings. The maximum absolute atomic E-state index is 5.83. The first-order chi connectivity index (χ1) is 9.78. The van der Waals surface area contributed by atoms with Gasteiger partial charge in [0.25, 0.3) is 0 Å². The molecule has 102 valence electrons. The van der Waals surface area contributed by atoms with Gasteiger partial charge in [-0.3, -0.25) is 4.68 Å². The van der Waals surface area contributed by atoms with Crippen LogP contribution < -0.4 is 4.74 Å². The summed E-state index contributed by atoms with van der Waals surface area (Å²) >= 11 is 2.28. The van der Waals surface area contributed by atoms with Gasteiger partial charge in [-0.05, 0) is 59.8 Å². The van der Waals surface area contributed by atoms with Crippen LogP contribution in [0.2, 0.25) is 0 Å². The van der Waals surface area contributed by atoms with E-state index >= 15 is 0 Å². The molecule has 1 heterocycles. The summed E-state index contributed by atoms with van der Waals surface area (Å²) < 4.78 is 9.05. The number of hydrogen-bond donors (Lipinski definition) is 0. The largest absolute Gasteiger partial charge is 0.487 e. The maximum atomic E-state index is 5.83. The number of ether oxygens (including phenoxy) is 1. The summed E-state index contributed by atoms with van der Waals surface area (Å²) in [5.41, 5.74) is 2.15. The van der Waals surface area contributed by atoms with Crippen molar-refractivity contribution >= 4 is 33.5 Å². The van der Waals surface area contributed by atoms with Gasteiger partial charge < -0.3 is 4.74 Å². The number of fused-ring (bicyclic) bond motifs is 1. The lowest BCUT2D eigenvalue weighted by molar-refractivity contribution is 0.301. The van der Waals surface area contributed by atoms with Crippen molar-refractivity contribution < 1.29 is 4.74 Å². The van der Waals surface area contributed by atoms with Crippen LogP contribution >= 0.6 is 22.6 Å². The van der Waals surface area contributed by atoms with Crippen molar-refractivity contribution in [1.82, 2.24) is 9.78 Å². The molecule has 0 saturated carbocycles. The summed E-state index contributed by atoms with van der Waals surface area (Å²) in [4.78, 5) is 0. The average Bonchev–Trinajstić information content (AvgIpc) is 2.85. The summed E-state index contributed by atoms with van der Waals surface area (Å²) in [5, 5.41) is 5.80. The van der Waals surface area contributed by atoms with Crippen LogP contribution in [0.4, 0.5) is 0 Å². The number of aromatic nitrogens is 2. The fourth-order valence-corrected chi connectivity index (χ4v) is 2.59. The Hall–Kier alpha value is -1.56. The zero-order valence-electron chi connectivity index (χ0n) is 11.2. The summed E-state index contributed by atoms with van der Waals surface area (Å²) in [6.45, 7) is 3.46. The highest BCUT2D eigenvalue weighted by Gasteiger charge is 2.09. The van der Waals surface area contributed by atoms with Crippen LogP contribution in [0, 0.1) is 3.57 Å². The Bertz CT molecular complexity index is 719. The van der Waals surface area contributed by atoms with Gasteiger partial charge in [0.05, 0.1) is 5.52 Å². The van der Waals surface area contributed by atoms with Crippen molar-refractivity contribution in [3.63, 3.8) is 0 Å². The third-order valence-electron chi connectivity index (χ3n) is 3.22. The highest BCUT2D eigenvalue weighted by atomic mass is 127. The maximum Gasteiger partial charge on any atom is 0.133 e. The zero-order valence-corrected chi connectivity index (χ0v) is 13.4. The Labute approximate surface area is 131 Å². The number of nitrogens with zero attached hydrogens (tertiary/aromatic N) is 2. The Balaban J connectivity index is 1.85. The SMILES string of the molecule is CCn1nc(COc2ccc(I)cc2)c2ccccc21. The highest BCUT2D eigenvalue weighted by Crippen LogP contribution is 2.21.